The highest BCUT2D eigenvalue weighted by atomic mass is 32.2. The maximum absolute atomic E-state index is 6.29. The van der Waals surface area contributed by atoms with Gasteiger partial charge in [-0.25, -0.2) is 0 Å². The number of fused-ring (bicyclic) bond motifs is 1. The molecule has 0 amide bonds. The molecule has 1 aromatic heterocycles. The SMILES string of the molecule is Cc1ccc2oc(C(N)C3CCCS3)cc2c1. The Morgan fingerprint density at radius 1 is 1.41 bits per heavy atom. The molecule has 2 unspecified atom stereocenters. The second kappa shape index (κ2) is 4.39. The van der Waals surface area contributed by atoms with E-state index in [4.69, 9.17) is 10.2 Å². The number of rotatable bonds is 2. The molecule has 2 atom stereocenters. The van der Waals surface area contributed by atoms with Gasteiger partial charge in [0.15, 0.2) is 0 Å². The van der Waals surface area contributed by atoms with Crippen molar-refractivity contribution >= 4 is 22.7 Å². The van der Waals surface area contributed by atoms with Gasteiger partial charge in [-0.3, -0.25) is 0 Å². The number of hydrogen-bond donors (Lipinski definition) is 1. The molecule has 1 saturated heterocycles. The van der Waals surface area contributed by atoms with E-state index < -0.39 is 0 Å². The first-order valence-corrected chi connectivity index (χ1v) is 7.16. The smallest absolute Gasteiger partial charge is 0.134 e. The zero-order chi connectivity index (χ0) is 11.8. The van der Waals surface area contributed by atoms with E-state index in [2.05, 4.69) is 25.1 Å². The van der Waals surface area contributed by atoms with Crippen LogP contribution in [0.3, 0.4) is 0 Å². The fourth-order valence-corrected chi connectivity index (χ4v) is 3.73. The van der Waals surface area contributed by atoms with Gasteiger partial charge >= 0.3 is 0 Å². The molecular weight excluding hydrogens is 230 g/mol. The molecule has 0 spiro atoms. The van der Waals surface area contributed by atoms with E-state index >= 15 is 0 Å². The predicted octanol–water partition coefficient (Wildman–Crippen LogP) is 3.64. The molecule has 90 valence electrons. The fourth-order valence-electron chi connectivity index (χ4n) is 2.42. The summed E-state index contributed by atoms with van der Waals surface area (Å²) < 4.78 is 5.86. The number of aryl methyl sites for hydroxylation is 1. The summed E-state index contributed by atoms with van der Waals surface area (Å²) in [6, 6.07) is 8.40. The van der Waals surface area contributed by atoms with Gasteiger partial charge in [0.1, 0.15) is 11.3 Å². The Morgan fingerprint density at radius 2 is 2.29 bits per heavy atom. The van der Waals surface area contributed by atoms with E-state index in [0.717, 1.165) is 11.3 Å². The Labute approximate surface area is 106 Å². The first kappa shape index (κ1) is 11.2. The number of benzene rings is 1. The summed E-state index contributed by atoms with van der Waals surface area (Å²) in [6.45, 7) is 2.10. The summed E-state index contributed by atoms with van der Waals surface area (Å²) in [5.74, 6) is 2.17. The van der Waals surface area contributed by atoms with E-state index in [-0.39, 0.29) is 6.04 Å². The zero-order valence-corrected chi connectivity index (χ0v) is 10.8. The Kier molecular flexibility index (Phi) is 2.89. The third-order valence-corrected chi connectivity index (χ3v) is 4.87. The minimum atomic E-state index is 0.0372. The van der Waals surface area contributed by atoms with E-state index in [0.29, 0.717) is 5.25 Å². The van der Waals surface area contributed by atoms with Crippen LogP contribution in [0, 0.1) is 6.92 Å². The van der Waals surface area contributed by atoms with E-state index in [1.54, 1.807) is 0 Å². The number of nitrogens with two attached hydrogens (primary N) is 1. The lowest BCUT2D eigenvalue weighted by Gasteiger charge is -2.15. The van der Waals surface area contributed by atoms with Crippen LogP contribution in [0.5, 0.6) is 0 Å². The summed E-state index contributed by atoms with van der Waals surface area (Å²) in [4.78, 5) is 0. The average molecular weight is 247 g/mol. The third kappa shape index (κ3) is 2.09. The van der Waals surface area contributed by atoms with E-state index in [1.807, 2.05) is 17.8 Å². The molecule has 2 N–H and O–H groups in total. The molecule has 1 aliphatic rings. The minimum absolute atomic E-state index is 0.0372. The van der Waals surface area contributed by atoms with Crippen molar-refractivity contribution in [1.82, 2.24) is 0 Å². The normalized spacial score (nSPS) is 22.1. The molecule has 1 aliphatic heterocycles. The van der Waals surface area contributed by atoms with Gasteiger partial charge in [0, 0.05) is 10.6 Å². The van der Waals surface area contributed by atoms with Crippen molar-refractivity contribution in [3.8, 4) is 0 Å². The van der Waals surface area contributed by atoms with Gasteiger partial charge in [0.05, 0.1) is 6.04 Å². The summed E-state index contributed by atoms with van der Waals surface area (Å²) in [5, 5.41) is 1.69. The van der Waals surface area contributed by atoms with Crippen LogP contribution in [0.4, 0.5) is 0 Å². The summed E-state index contributed by atoms with van der Waals surface area (Å²) >= 11 is 1.97. The highest BCUT2D eigenvalue weighted by molar-refractivity contribution is 8.00. The molecule has 0 radical (unpaired) electrons. The van der Waals surface area contributed by atoms with Crippen LogP contribution in [0.1, 0.15) is 30.2 Å². The molecule has 1 aromatic carbocycles. The lowest BCUT2D eigenvalue weighted by molar-refractivity contribution is 0.481. The molecule has 1 fully saturated rings. The Bertz CT molecular complexity index is 528. The largest absolute Gasteiger partial charge is 0.459 e. The standard InChI is InChI=1S/C14H17NOS/c1-9-4-5-11-10(7-9)8-12(16-11)14(15)13-3-2-6-17-13/h4-5,7-8,13-14H,2-3,6,15H2,1H3. The molecule has 17 heavy (non-hydrogen) atoms. The molecule has 3 heteroatoms. The molecular formula is C14H17NOS. The summed E-state index contributed by atoms with van der Waals surface area (Å²) in [6.07, 6.45) is 2.49. The van der Waals surface area contributed by atoms with Crippen molar-refractivity contribution in [3.05, 3.63) is 35.6 Å². The van der Waals surface area contributed by atoms with Crippen molar-refractivity contribution in [2.45, 2.75) is 31.1 Å². The Hall–Kier alpha value is -0.930. The highest BCUT2D eigenvalue weighted by Gasteiger charge is 2.26. The first-order chi connectivity index (χ1) is 8.24. The molecule has 2 nitrogen and oxygen atoms in total. The van der Waals surface area contributed by atoms with Crippen molar-refractivity contribution in [3.63, 3.8) is 0 Å². The Balaban J connectivity index is 1.94. The van der Waals surface area contributed by atoms with Gasteiger partial charge in [-0.1, -0.05) is 11.6 Å². The zero-order valence-electron chi connectivity index (χ0n) is 9.98. The molecule has 0 bridgehead atoms. The predicted molar refractivity (Wildman–Crippen MR) is 73.4 cm³/mol. The van der Waals surface area contributed by atoms with E-state index in [9.17, 15) is 0 Å². The van der Waals surface area contributed by atoms with Gasteiger partial charge in [0.2, 0.25) is 0 Å². The third-order valence-electron chi connectivity index (χ3n) is 3.38. The Morgan fingerprint density at radius 3 is 3.06 bits per heavy atom. The second-order valence-electron chi connectivity index (χ2n) is 4.77. The van der Waals surface area contributed by atoms with Crippen molar-refractivity contribution in [1.29, 1.82) is 0 Å². The lowest BCUT2D eigenvalue weighted by Crippen LogP contribution is -2.20. The number of thioether (sulfide) groups is 1. The van der Waals surface area contributed by atoms with Crippen molar-refractivity contribution < 1.29 is 4.42 Å². The van der Waals surface area contributed by atoms with E-state index in [1.165, 1.54) is 29.5 Å². The van der Waals surface area contributed by atoms with Crippen LogP contribution in [0.25, 0.3) is 11.0 Å². The lowest BCUT2D eigenvalue weighted by atomic mass is 10.1. The minimum Gasteiger partial charge on any atom is -0.459 e. The fraction of sp³-hybridized carbons (Fsp3) is 0.429. The van der Waals surface area contributed by atoms with Crippen LogP contribution in [-0.4, -0.2) is 11.0 Å². The van der Waals surface area contributed by atoms with Gasteiger partial charge in [0.25, 0.3) is 0 Å². The van der Waals surface area contributed by atoms with Crippen LogP contribution in [0.15, 0.2) is 28.7 Å². The highest BCUT2D eigenvalue weighted by Crippen LogP contribution is 2.36. The summed E-state index contributed by atoms with van der Waals surface area (Å²) in [7, 11) is 0. The quantitative estimate of drug-likeness (QED) is 0.880. The van der Waals surface area contributed by atoms with Gasteiger partial charge in [-0.2, -0.15) is 11.8 Å². The maximum atomic E-state index is 6.29. The van der Waals surface area contributed by atoms with Crippen molar-refractivity contribution in [2.24, 2.45) is 5.73 Å². The molecule has 2 heterocycles. The van der Waals surface area contributed by atoms with Crippen LogP contribution < -0.4 is 5.73 Å². The first-order valence-electron chi connectivity index (χ1n) is 6.11. The monoisotopic (exact) mass is 247 g/mol. The van der Waals surface area contributed by atoms with Crippen LogP contribution >= 0.6 is 11.8 Å². The van der Waals surface area contributed by atoms with Gasteiger partial charge in [-0.05, 0) is 43.7 Å². The number of furan rings is 1. The molecule has 0 aliphatic carbocycles. The second-order valence-corrected chi connectivity index (χ2v) is 6.11. The van der Waals surface area contributed by atoms with Gasteiger partial charge in [-0.15, -0.1) is 0 Å². The molecule has 2 aromatic rings. The van der Waals surface area contributed by atoms with Gasteiger partial charge < -0.3 is 10.2 Å². The number of hydrogen-bond acceptors (Lipinski definition) is 3. The molecule has 0 saturated carbocycles. The topological polar surface area (TPSA) is 39.2 Å². The average Bonchev–Trinajstić information content (AvgIpc) is 2.96. The van der Waals surface area contributed by atoms with Crippen molar-refractivity contribution in [2.75, 3.05) is 5.75 Å². The van der Waals surface area contributed by atoms with Crippen LogP contribution in [-0.2, 0) is 0 Å². The maximum Gasteiger partial charge on any atom is 0.134 e. The molecule has 3 rings (SSSR count). The summed E-state index contributed by atoms with van der Waals surface area (Å²) in [5.41, 5.74) is 8.49. The van der Waals surface area contributed by atoms with Crippen LogP contribution in [0.2, 0.25) is 0 Å².